The summed E-state index contributed by atoms with van der Waals surface area (Å²) >= 11 is 2.97. The summed E-state index contributed by atoms with van der Waals surface area (Å²) in [5.74, 6) is 0.387. The lowest BCUT2D eigenvalue weighted by Gasteiger charge is -2.12. The van der Waals surface area contributed by atoms with Crippen LogP contribution >= 0.6 is 23.1 Å². The second-order valence-electron chi connectivity index (χ2n) is 6.40. The molecular weight excluding hydrogens is 352 g/mol. The van der Waals surface area contributed by atoms with Gasteiger partial charge in [0.15, 0.2) is 5.16 Å². The van der Waals surface area contributed by atoms with Gasteiger partial charge >= 0.3 is 0 Å². The minimum Gasteiger partial charge on any atom is -0.299 e. The Morgan fingerprint density at radius 3 is 2.76 bits per heavy atom. The van der Waals surface area contributed by atoms with Crippen molar-refractivity contribution in [2.24, 2.45) is 0 Å². The number of Topliss-reactive ketones (excluding diaryl/α,β-unsaturated/α-hetero) is 1. The van der Waals surface area contributed by atoms with Crippen molar-refractivity contribution in [1.82, 2.24) is 9.55 Å². The molecule has 0 fully saturated rings. The molecule has 0 amide bonds. The largest absolute Gasteiger partial charge is 0.299 e. The fourth-order valence-corrected chi connectivity index (χ4v) is 5.32. The minimum atomic E-state index is -0.0145. The molecule has 128 valence electrons. The second-order valence-corrected chi connectivity index (χ2v) is 8.42. The highest BCUT2D eigenvalue weighted by Gasteiger charge is 2.24. The summed E-state index contributed by atoms with van der Waals surface area (Å²) in [5, 5.41) is 1.36. The van der Waals surface area contributed by atoms with Gasteiger partial charge in [-0.3, -0.25) is 14.2 Å². The van der Waals surface area contributed by atoms with Gasteiger partial charge in [0, 0.05) is 4.88 Å². The number of carbonyl (C=O) groups excluding carboxylic acids is 1. The molecule has 4 rings (SSSR count). The summed E-state index contributed by atoms with van der Waals surface area (Å²) in [4.78, 5) is 31.6. The van der Waals surface area contributed by atoms with Gasteiger partial charge in [-0.05, 0) is 50.8 Å². The standard InChI is InChI=1S/C19H18N2O2S2/c1-11-6-8-13(9-7-11)21-18(23)16-14-4-3-5-15(14)25-17(16)20-19(21)24-10-12(2)22/h6-9H,3-5,10H2,1-2H3. The molecule has 0 saturated carbocycles. The first kappa shape index (κ1) is 16.5. The van der Waals surface area contributed by atoms with Gasteiger partial charge in [-0.2, -0.15) is 0 Å². The van der Waals surface area contributed by atoms with Crippen LogP contribution in [0.2, 0.25) is 0 Å². The Balaban J connectivity index is 1.97. The van der Waals surface area contributed by atoms with Gasteiger partial charge in [-0.1, -0.05) is 29.5 Å². The minimum absolute atomic E-state index is 0.0145. The van der Waals surface area contributed by atoms with Crippen LogP contribution in [0.3, 0.4) is 0 Å². The Morgan fingerprint density at radius 2 is 2.04 bits per heavy atom. The Kier molecular flexibility index (Phi) is 4.25. The van der Waals surface area contributed by atoms with E-state index in [1.165, 1.54) is 22.2 Å². The molecule has 1 aliphatic carbocycles. The molecule has 1 aromatic carbocycles. The lowest BCUT2D eigenvalue weighted by atomic mass is 10.2. The number of thioether (sulfide) groups is 1. The molecule has 0 radical (unpaired) electrons. The van der Waals surface area contributed by atoms with E-state index in [-0.39, 0.29) is 11.3 Å². The Hall–Kier alpha value is -1.92. The van der Waals surface area contributed by atoms with Crippen LogP contribution in [0.15, 0.2) is 34.2 Å². The zero-order chi connectivity index (χ0) is 17.6. The Bertz CT molecular complexity index is 1030. The van der Waals surface area contributed by atoms with Crippen molar-refractivity contribution in [2.75, 3.05) is 5.75 Å². The smallest absolute Gasteiger partial charge is 0.267 e. The molecule has 0 spiro atoms. The van der Waals surface area contributed by atoms with Gasteiger partial charge in [0.25, 0.3) is 5.56 Å². The number of rotatable bonds is 4. The molecule has 0 N–H and O–H groups in total. The molecule has 0 unspecified atom stereocenters. The fraction of sp³-hybridized carbons (Fsp3) is 0.316. The van der Waals surface area contributed by atoms with Crippen LogP contribution in [-0.4, -0.2) is 21.1 Å². The van der Waals surface area contributed by atoms with Crippen molar-refractivity contribution in [3.8, 4) is 5.69 Å². The highest BCUT2D eigenvalue weighted by Crippen LogP contribution is 2.36. The van der Waals surface area contributed by atoms with E-state index in [4.69, 9.17) is 4.98 Å². The maximum atomic E-state index is 13.3. The topological polar surface area (TPSA) is 52.0 Å². The third-order valence-corrected chi connectivity index (χ3v) is 6.67. The lowest BCUT2D eigenvalue weighted by molar-refractivity contribution is -0.114. The van der Waals surface area contributed by atoms with E-state index in [1.54, 1.807) is 22.8 Å². The van der Waals surface area contributed by atoms with E-state index in [0.29, 0.717) is 10.9 Å². The zero-order valence-electron chi connectivity index (χ0n) is 14.2. The quantitative estimate of drug-likeness (QED) is 0.516. The first-order valence-corrected chi connectivity index (χ1v) is 10.1. The van der Waals surface area contributed by atoms with E-state index >= 15 is 0 Å². The SMILES string of the molecule is CC(=O)CSc1nc2sc3c(c2c(=O)n1-c1ccc(C)cc1)CCC3. The first-order valence-electron chi connectivity index (χ1n) is 8.31. The predicted molar refractivity (Wildman–Crippen MR) is 103 cm³/mol. The molecule has 6 heteroatoms. The van der Waals surface area contributed by atoms with Crippen molar-refractivity contribution < 1.29 is 4.79 Å². The molecular formula is C19H18N2O2S2. The van der Waals surface area contributed by atoms with Crippen LogP contribution in [-0.2, 0) is 17.6 Å². The molecule has 0 bridgehead atoms. The molecule has 0 saturated heterocycles. The van der Waals surface area contributed by atoms with E-state index in [2.05, 4.69) is 0 Å². The number of ketones is 1. The van der Waals surface area contributed by atoms with Crippen LogP contribution < -0.4 is 5.56 Å². The average molecular weight is 370 g/mol. The molecule has 1 aliphatic rings. The molecule has 2 heterocycles. The van der Waals surface area contributed by atoms with Gasteiger partial charge in [0.05, 0.1) is 16.8 Å². The first-order chi connectivity index (χ1) is 12.0. The van der Waals surface area contributed by atoms with E-state index in [9.17, 15) is 9.59 Å². The number of hydrogen-bond donors (Lipinski definition) is 0. The molecule has 4 nitrogen and oxygen atoms in total. The molecule has 3 aromatic rings. The van der Waals surface area contributed by atoms with Crippen molar-refractivity contribution in [2.45, 2.75) is 38.3 Å². The van der Waals surface area contributed by atoms with Crippen molar-refractivity contribution in [3.05, 3.63) is 50.6 Å². The highest BCUT2D eigenvalue weighted by atomic mass is 32.2. The number of hydrogen-bond acceptors (Lipinski definition) is 5. The van der Waals surface area contributed by atoms with Crippen molar-refractivity contribution >= 4 is 39.1 Å². The van der Waals surface area contributed by atoms with Crippen molar-refractivity contribution in [1.29, 1.82) is 0 Å². The van der Waals surface area contributed by atoms with Crippen LogP contribution in [0.4, 0.5) is 0 Å². The lowest BCUT2D eigenvalue weighted by Crippen LogP contribution is -2.22. The normalized spacial score (nSPS) is 13.4. The number of benzene rings is 1. The number of aryl methyl sites for hydroxylation is 3. The van der Waals surface area contributed by atoms with Gasteiger partial charge < -0.3 is 0 Å². The zero-order valence-corrected chi connectivity index (χ0v) is 15.8. The summed E-state index contributed by atoms with van der Waals surface area (Å²) in [7, 11) is 0. The summed E-state index contributed by atoms with van der Waals surface area (Å²) < 4.78 is 1.67. The number of fused-ring (bicyclic) bond motifs is 3. The van der Waals surface area contributed by atoms with Gasteiger partial charge in [0.1, 0.15) is 10.6 Å². The fourth-order valence-electron chi connectivity index (χ4n) is 3.21. The molecule has 0 atom stereocenters. The van der Waals surface area contributed by atoms with E-state index in [0.717, 1.165) is 40.7 Å². The second kappa shape index (κ2) is 6.42. The summed E-state index contributed by atoms with van der Waals surface area (Å²) in [5.41, 5.74) is 3.11. The predicted octanol–water partition coefficient (Wildman–Crippen LogP) is 3.93. The van der Waals surface area contributed by atoms with E-state index in [1.807, 2.05) is 31.2 Å². The molecule has 0 aliphatic heterocycles. The molecule has 2 aromatic heterocycles. The number of nitrogens with zero attached hydrogens (tertiary/aromatic N) is 2. The van der Waals surface area contributed by atoms with Gasteiger partial charge in [0.2, 0.25) is 0 Å². The maximum absolute atomic E-state index is 13.3. The van der Waals surface area contributed by atoms with Crippen LogP contribution in [0.1, 0.15) is 29.3 Å². The van der Waals surface area contributed by atoms with Crippen LogP contribution in [0, 0.1) is 6.92 Å². The summed E-state index contributed by atoms with van der Waals surface area (Å²) in [6, 6.07) is 7.86. The number of aromatic nitrogens is 2. The highest BCUT2D eigenvalue weighted by molar-refractivity contribution is 7.99. The van der Waals surface area contributed by atoms with Crippen molar-refractivity contribution in [3.63, 3.8) is 0 Å². The Morgan fingerprint density at radius 1 is 1.28 bits per heavy atom. The monoisotopic (exact) mass is 370 g/mol. The number of carbonyl (C=O) groups is 1. The average Bonchev–Trinajstić information content (AvgIpc) is 3.14. The van der Waals surface area contributed by atoms with Crippen LogP contribution in [0.25, 0.3) is 15.9 Å². The third-order valence-electron chi connectivity index (χ3n) is 4.40. The number of thiophene rings is 1. The summed E-state index contributed by atoms with van der Waals surface area (Å²) in [6.07, 6.45) is 3.11. The molecule has 25 heavy (non-hydrogen) atoms. The third kappa shape index (κ3) is 2.93. The Labute approximate surface area is 153 Å². The van der Waals surface area contributed by atoms with Gasteiger partial charge in [-0.15, -0.1) is 11.3 Å². The van der Waals surface area contributed by atoms with Gasteiger partial charge in [-0.25, -0.2) is 4.98 Å². The maximum Gasteiger partial charge on any atom is 0.267 e. The summed E-state index contributed by atoms with van der Waals surface area (Å²) in [6.45, 7) is 3.57. The van der Waals surface area contributed by atoms with E-state index < -0.39 is 0 Å². The van der Waals surface area contributed by atoms with Crippen LogP contribution in [0.5, 0.6) is 0 Å².